The molecule has 1 saturated heterocycles. The Bertz CT molecular complexity index is 460. The summed E-state index contributed by atoms with van der Waals surface area (Å²) >= 11 is 0. The van der Waals surface area contributed by atoms with Crippen molar-refractivity contribution >= 4 is 16.9 Å². The van der Waals surface area contributed by atoms with Crippen molar-refractivity contribution in [3.8, 4) is 0 Å². The van der Waals surface area contributed by atoms with E-state index >= 15 is 0 Å². The fraction of sp³-hybridized carbons (Fsp3) is 0.364. The van der Waals surface area contributed by atoms with Crippen LogP contribution in [0.2, 0.25) is 0 Å². The van der Waals surface area contributed by atoms with Crippen molar-refractivity contribution in [2.24, 2.45) is 0 Å². The van der Waals surface area contributed by atoms with Gasteiger partial charge in [0.2, 0.25) is 0 Å². The molecule has 1 N–H and O–H groups in total. The summed E-state index contributed by atoms with van der Waals surface area (Å²) in [6, 6.07) is 6.14. The summed E-state index contributed by atoms with van der Waals surface area (Å²) in [6.45, 7) is 3.46. The molecule has 3 heterocycles. The molecule has 0 aromatic carbocycles. The first-order valence-electron chi connectivity index (χ1n) is 5.20. The summed E-state index contributed by atoms with van der Waals surface area (Å²) in [7, 11) is 0. The third-order valence-electron chi connectivity index (χ3n) is 2.73. The molecule has 4 nitrogen and oxygen atoms in total. The standard InChI is InChI=1S/C11H13N3O/c1-2-11(14-5-7-15-8-6-14)13-10-3-4-12-9(1)10/h1-4,12H,5-8H2. The smallest absolute Gasteiger partial charge is 0.129 e. The predicted molar refractivity (Wildman–Crippen MR) is 59.1 cm³/mol. The third-order valence-corrected chi connectivity index (χ3v) is 2.73. The highest BCUT2D eigenvalue weighted by atomic mass is 16.5. The van der Waals surface area contributed by atoms with Gasteiger partial charge in [-0.15, -0.1) is 0 Å². The first kappa shape index (κ1) is 8.73. The number of aromatic nitrogens is 2. The zero-order valence-corrected chi connectivity index (χ0v) is 8.44. The summed E-state index contributed by atoms with van der Waals surface area (Å²) in [6.07, 6.45) is 1.92. The number of morpholine rings is 1. The number of nitrogens with zero attached hydrogens (tertiary/aromatic N) is 2. The van der Waals surface area contributed by atoms with E-state index in [1.807, 2.05) is 12.3 Å². The Kier molecular flexibility index (Phi) is 2.07. The topological polar surface area (TPSA) is 41.2 Å². The van der Waals surface area contributed by atoms with Crippen LogP contribution in [0.25, 0.3) is 11.0 Å². The highest BCUT2D eigenvalue weighted by Gasteiger charge is 2.12. The molecule has 0 spiro atoms. The Labute approximate surface area is 87.9 Å². The van der Waals surface area contributed by atoms with E-state index in [2.05, 4.69) is 27.0 Å². The zero-order chi connectivity index (χ0) is 10.1. The van der Waals surface area contributed by atoms with Gasteiger partial charge in [0, 0.05) is 19.3 Å². The number of nitrogens with one attached hydrogen (secondary N) is 1. The van der Waals surface area contributed by atoms with Gasteiger partial charge in [-0.25, -0.2) is 4.98 Å². The molecule has 0 saturated carbocycles. The minimum atomic E-state index is 0.798. The Morgan fingerprint density at radius 1 is 1.20 bits per heavy atom. The van der Waals surface area contributed by atoms with Gasteiger partial charge in [-0.2, -0.15) is 0 Å². The van der Waals surface area contributed by atoms with Crippen LogP contribution in [0.5, 0.6) is 0 Å². The number of hydrogen-bond acceptors (Lipinski definition) is 3. The Hall–Kier alpha value is -1.55. The summed E-state index contributed by atoms with van der Waals surface area (Å²) in [5.74, 6) is 1.05. The molecule has 0 bridgehead atoms. The maximum absolute atomic E-state index is 5.32. The maximum Gasteiger partial charge on any atom is 0.129 e. The fourth-order valence-corrected chi connectivity index (χ4v) is 1.89. The molecule has 0 amide bonds. The van der Waals surface area contributed by atoms with Gasteiger partial charge < -0.3 is 14.6 Å². The molecular weight excluding hydrogens is 190 g/mol. The van der Waals surface area contributed by atoms with Gasteiger partial charge in [0.05, 0.1) is 24.2 Å². The van der Waals surface area contributed by atoms with Crippen molar-refractivity contribution in [1.29, 1.82) is 0 Å². The Morgan fingerprint density at radius 2 is 2.07 bits per heavy atom. The van der Waals surface area contributed by atoms with Crippen LogP contribution in [-0.2, 0) is 4.74 Å². The highest BCUT2D eigenvalue weighted by Crippen LogP contribution is 2.17. The largest absolute Gasteiger partial charge is 0.378 e. The number of H-pyrrole nitrogens is 1. The average molecular weight is 203 g/mol. The molecule has 0 atom stereocenters. The first-order chi connectivity index (χ1) is 7.43. The van der Waals surface area contributed by atoms with Crippen LogP contribution in [0.3, 0.4) is 0 Å². The highest BCUT2D eigenvalue weighted by molar-refractivity contribution is 5.76. The van der Waals surface area contributed by atoms with Crippen LogP contribution < -0.4 is 4.90 Å². The molecule has 0 aliphatic carbocycles. The molecule has 1 aliphatic heterocycles. The Morgan fingerprint density at radius 3 is 2.93 bits per heavy atom. The van der Waals surface area contributed by atoms with Gasteiger partial charge in [0.1, 0.15) is 5.82 Å². The quantitative estimate of drug-likeness (QED) is 0.761. The molecule has 2 aromatic heterocycles. The molecule has 15 heavy (non-hydrogen) atoms. The summed E-state index contributed by atoms with van der Waals surface area (Å²) in [5.41, 5.74) is 2.12. The molecule has 1 aliphatic rings. The average Bonchev–Trinajstić information content (AvgIpc) is 2.77. The van der Waals surface area contributed by atoms with E-state index in [9.17, 15) is 0 Å². The van der Waals surface area contributed by atoms with Crippen LogP contribution in [0.1, 0.15) is 0 Å². The summed E-state index contributed by atoms with van der Waals surface area (Å²) in [5, 5.41) is 0. The number of hydrogen-bond donors (Lipinski definition) is 1. The zero-order valence-electron chi connectivity index (χ0n) is 8.44. The third kappa shape index (κ3) is 1.57. The van der Waals surface area contributed by atoms with E-state index in [1.165, 1.54) is 0 Å². The number of aromatic amines is 1. The molecule has 4 heteroatoms. The van der Waals surface area contributed by atoms with Crippen LogP contribution in [0, 0.1) is 0 Å². The van der Waals surface area contributed by atoms with Gasteiger partial charge in [0.25, 0.3) is 0 Å². The lowest BCUT2D eigenvalue weighted by molar-refractivity contribution is 0.122. The second kappa shape index (κ2) is 3.55. The maximum atomic E-state index is 5.32. The predicted octanol–water partition coefficient (Wildman–Crippen LogP) is 1.40. The molecule has 78 valence electrons. The van der Waals surface area contributed by atoms with Crippen molar-refractivity contribution in [2.75, 3.05) is 31.2 Å². The van der Waals surface area contributed by atoms with E-state index < -0.39 is 0 Å². The number of pyridine rings is 1. The van der Waals surface area contributed by atoms with Gasteiger partial charge in [-0.1, -0.05) is 0 Å². The Balaban J connectivity index is 1.95. The van der Waals surface area contributed by atoms with Crippen molar-refractivity contribution in [3.05, 3.63) is 24.4 Å². The van der Waals surface area contributed by atoms with Gasteiger partial charge in [-0.05, 0) is 18.2 Å². The summed E-state index contributed by atoms with van der Waals surface area (Å²) in [4.78, 5) is 10.0. The van der Waals surface area contributed by atoms with Crippen molar-refractivity contribution in [2.45, 2.75) is 0 Å². The van der Waals surface area contributed by atoms with Crippen molar-refractivity contribution in [1.82, 2.24) is 9.97 Å². The lowest BCUT2D eigenvalue weighted by atomic mass is 10.3. The van der Waals surface area contributed by atoms with E-state index in [0.29, 0.717) is 0 Å². The van der Waals surface area contributed by atoms with Gasteiger partial charge in [-0.3, -0.25) is 0 Å². The van der Waals surface area contributed by atoms with Crippen LogP contribution in [0.15, 0.2) is 24.4 Å². The number of rotatable bonds is 1. The lowest BCUT2D eigenvalue weighted by Crippen LogP contribution is -2.36. The molecule has 0 unspecified atom stereocenters. The molecule has 1 fully saturated rings. The van der Waals surface area contributed by atoms with Crippen LogP contribution >= 0.6 is 0 Å². The fourth-order valence-electron chi connectivity index (χ4n) is 1.89. The molecule has 2 aromatic rings. The van der Waals surface area contributed by atoms with Gasteiger partial charge >= 0.3 is 0 Å². The van der Waals surface area contributed by atoms with Gasteiger partial charge in [0.15, 0.2) is 0 Å². The normalized spacial score (nSPS) is 17.2. The number of ether oxygens (including phenoxy) is 1. The minimum absolute atomic E-state index is 0.798. The second-order valence-electron chi connectivity index (χ2n) is 3.68. The summed E-state index contributed by atoms with van der Waals surface area (Å²) < 4.78 is 5.32. The van der Waals surface area contributed by atoms with E-state index in [0.717, 1.165) is 43.2 Å². The number of fused-ring (bicyclic) bond motifs is 1. The van der Waals surface area contributed by atoms with E-state index in [1.54, 1.807) is 0 Å². The van der Waals surface area contributed by atoms with E-state index in [4.69, 9.17) is 4.74 Å². The molecule has 3 rings (SSSR count). The molecule has 0 radical (unpaired) electrons. The molecular formula is C11H13N3O. The first-order valence-corrected chi connectivity index (χ1v) is 5.20. The SMILES string of the molecule is c1cc2nc(N3CCOCC3)ccc2[nH]1. The van der Waals surface area contributed by atoms with Crippen molar-refractivity contribution in [3.63, 3.8) is 0 Å². The monoisotopic (exact) mass is 203 g/mol. The van der Waals surface area contributed by atoms with Crippen molar-refractivity contribution < 1.29 is 4.74 Å². The second-order valence-corrected chi connectivity index (χ2v) is 3.68. The van der Waals surface area contributed by atoms with E-state index in [-0.39, 0.29) is 0 Å². The van der Waals surface area contributed by atoms with Crippen LogP contribution in [0.4, 0.5) is 5.82 Å². The van der Waals surface area contributed by atoms with Crippen LogP contribution in [-0.4, -0.2) is 36.3 Å². The minimum Gasteiger partial charge on any atom is -0.378 e. The lowest BCUT2D eigenvalue weighted by Gasteiger charge is -2.27. The number of anilines is 1.